The predicted octanol–water partition coefficient (Wildman–Crippen LogP) is 3.55. The van der Waals surface area contributed by atoms with Crippen LogP contribution in [0.1, 0.15) is 18.4 Å². The minimum atomic E-state index is -0.266. The molecule has 5 atom stereocenters. The average Bonchev–Trinajstić information content (AvgIpc) is 3.05. The van der Waals surface area contributed by atoms with Crippen LogP contribution in [0.4, 0.5) is 5.69 Å². The van der Waals surface area contributed by atoms with E-state index in [0.717, 1.165) is 22.9 Å². The Morgan fingerprint density at radius 3 is 2.95 bits per heavy atom. The molecule has 4 rings (SSSR count). The van der Waals surface area contributed by atoms with Crippen LogP contribution in [0.2, 0.25) is 5.02 Å². The molecule has 4 nitrogen and oxygen atoms in total. The molecule has 1 saturated heterocycles. The molecule has 0 spiro atoms. The largest absolute Gasteiger partial charge is 0.462 e. The Labute approximate surface area is 141 Å². The molecule has 3 aliphatic rings. The number of carbonyl (C=O) groups is 2. The van der Waals surface area contributed by atoms with E-state index in [-0.39, 0.29) is 41.7 Å². The number of hydrogen-bond acceptors (Lipinski definition) is 3. The summed E-state index contributed by atoms with van der Waals surface area (Å²) in [7, 11) is 0. The zero-order valence-electron chi connectivity index (χ0n) is 11.9. The van der Waals surface area contributed by atoms with Crippen molar-refractivity contribution in [3.8, 4) is 0 Å². The summed E-state index contributed by atoms with van der Waals surface area (Å²) in [6.07, 6.45) is 1.81. The number of aryl methyl sites for hydroxylation is 1. The number of benzene rings is 1. The van der Waals surface area contributed by atoms with Crippen molar-refractivity contribution in [1.29, 1.82) is 0 Å². The van der Waals surface area contributed by atoms with Crippen molar-refractivity contribution >= 4 is 45.1 Å². The molecule has 0 unspecified atom stereocenters. The van der Waals surface area contributed by atoms with Gasteiger partial charge < -0.3 is 10.1 Å². The summed E-state index contributed by atoms with van der Waals surface area (Å²) in [5, 5.41) is 3.51. The molecule has 1 aromatic rings. The third-order valence-electron chi connectivity index (χ3n) is 5.31. The van der Waals surface area contributed by atoms with Gasteiger partial charge in [0.2, 0.25) is 5.91 Å². The summed E-state index contributed by atoms with van der Waals surface area (Å²) in [6, 6.07) is 3.61. The molecular weight excluding hydrogens is 370 g/mol. The Kier molecular flexibility index (Phi) is 3.28. The van der Waals surface area contributed by atoms with Gasteiger partial charge in [0.1, 0.15) is 6.10 Å². The molecule has 3 fully saturated rings. The first-order valence-electron chi connectivity index (χ1n) is 7.42. The molecule has 116 valence electrons. The SMILES string of the molecule is Cc1cc(Br)c(Cl)cc1NC(=O)[C@@H]1[C@@H]2C[C@H]3[C@H]1C(=O)O[C@H]3C2. The number of halogens is 2. The standard InChI is InChI=1S/C16H15BrClNO3/c1-6-2-9(17)10(18)5-11(6)19-15(20)13-7-3-8-12(4-7)22-16(21)14(8)13/h2,5,7-8,12-14H,3-4H2,1H3,(H,19,20)/t7-,8-,12+,13-,14-/m1/s1. The molecule has 2 bridgehead atoms. The van der Waals surface area contributed by atoms with Gasteiger partial charge in [0.15, 0.2) is 0 Å². The second kappa shape index (κ2) is 4.96. The fourth-order valence-electron chi connectivity index (χ4n) is 4.36. The number of fused-ring (bicyclic) bond motifs is 1. The average molecular weight is 385 g/mol. The molecule has 22 heavy (non-hydrogen) atoms. The van der Waals surface area contributed by atoms with Crippen LogP contribution < -0.4 is 5.32 Å². The van der Waals surface area contributed by atoms with Crippen molar-refractivity contribution < 1.29 is 14.3 Å². The van der Waals surface area contributed by atoms with Gasteiger partial charge in [-0.25, -0.2) is 0 Å². The van der Waals surface area contributed by atoms with Crippen LogP contribution in [0.3, 0.4) is 0 Å². The van der Waals surface area contributed by atoms with Crippen LogP contribution in [0.25, 0.3) is 0 Å². The number of esters is 1. The Balaban J connectivity index is 1.59. The highest BCUT2D eigenvalue weighted by Gasteiger charge is 2.63. The van der Waals surface area contributed by atoms with E-state index in [1.165, 1.54) is 0 Å². The monoisotopic (exact) mass is 383 g/mol. The normalized spacial score (nSPS) is 34.9. The van der Waals surface area contributed by atoms with Crippen molar-refractivity contribution in [2.45, 2.75) is 25.9 Å². The summed E-state index contributed by atoms with van der Waals surface area (Å²) in [4.78, 5) is 24.7. The first kappa shape index (κ1) is 14.5. The molecule has 1 amide bonds. The van der Waals surface area contributed by atoms with Crippen molar-refractivity contribution in [3.63, 3.8) is 0 Å². The van der Waals surface area contributed by atoms with Crippen LogP contribution in [0.5, 0.6) is 0 Å². The second-order valence-electron chi connectivity index (χ2n) is 6.49. The highest BCUT2D eigenvalue weighted by Crippen LogP contribution is 2.57. The van der Waals surface area contributed by atoms with Gasteiger partial charge in [-0.2, -0.15) is 0 Å². The fourth-order valence-corrected chi connectivity index (χ4v) is 4.98. The second-order valence-corrected chi connectivity index (χ2v) is 7.75. The van der Waals surface area contributed by atoms with Gasteiger partial charge in [-0.15, -0.1) is 0 Å². The van der Waals surface area contributed by atoms with E-state index >= 15 is 0 Å². The van der Waals surface area contributed by atoms with Gasteiger partial charge in [0, 0.05) is 16.1 Å². The molecular formula is C16H15BrClNO3. The molecule has 0 radical (unpaired) electrons. The highest BCUT2D eigenvalue weighted by atomic mass is 79.9. The minimum Gasteiger partial charge on any atom is -0.462 e. The first-order chi connectivity index (χ1) is 10.5. The summed E-state index contributed by atoms with van der Waals surface area (Å²) in [5.74, 6) is -0.300. The van der Waals surface area contributed by atoms with Gasteiger partial charge in [-0.3, -0.25) is 9.59 Å². The van der Waals surface area contributed by atoms with Crippen molar-refractivity contribution in [1.82, 2.24) is 0 Å². The molecule has 2 aliphatic carbocycles. The van der Waals surface area contributed by atoms with E-state index in [1.807, 2.05) is 13.0 Å². The van der Waals surface area contributed by atoms with Gasteiger partial charge in [0.05, 0.1) is 16.9 Å². The molecule has 1 aromatic carbocycles. The van der Waals surface area contributed by atoms with E-state index in [9.17, 15) is 9.59 Å². The van der Waals surface area contributed by atoms with Crippen molar-refractivity contribution in [2.24, 2.45) is 23.7 Å². The van der Waals surface area contributed by atoms with Crippen molar-refractivity contribution in [3.05, 3.63) is 27.2 Å². The summed E-state index contributed by atoms with van der Waals surface area (Å²) in [5.41, 5.74) is 1.63. The summed E-state index contributed by atoms with van der Waals surface area (Å²) < 4.78 is 6.18. The lowest BCUT2D eigenvalue weighted by Crippen LogP contribution is -2.36. The maximum atomic E-state index is 12.7. The number of rotatable bonds is 2. The number of carbonyl (C=O) groups excluding carboxylic acids is 2. The minimum absolute atomic E-state index is 0.0513. The van der Waals surface area contributed by atoms with Gasteiger partial charge >= 0.3 is 5.97 Å². The maximum Gasteiger partial charge on any atom is 0.310 e. The molecule has 1 aliphatic heterocycles. The number of anilines is 1. The molecule has 2 saturated carbocycles. The Hall–Kier alpha value is -1.07. The fraction of sp³-hybridized carbons (Fsp3) is 0.500. The Morgan fingerprint density at radius 2 is 2.18 bits per heavy atom. The van der Waals surface area contributed by atoms with E-state index < -0.39 is 0 Å². The highest BCUT2D eigenvalue weighted by molar-refractivity contribution is 9.10. The zero-order chi connectivity index (χ0) is 15.6. The van der Waals surface area contributed by atoms with Gasteiger partial charge in [-0.05, 0) is 59.3 Å². The summed E-state index contributed by atoms with van der Waals surface area (Å²) in [6.45, 7) is 1.91. The Morgan fingerprint density at radius 1 is 1.41 bits per heavy atom. The first-order valence-corrected chi connectivity index (χ1v) is 8.60. The lowest BCUT2D eigenvalue weighted by molar-refractivity contribution is -0.145. The topological polar surface area (TPSA) is 55.4 Å². The van der Waals surface area contributed by atoms with E-state index in [1.54, 1.807) is 6.07 Å². The van der Waals surface area contributed by atoms with Crippen molar-refractivity contribution in [2.75, 3.05) is 5.32 Å². The quantitative estimate of drug-likeness (QED) is 0.793. The number of amides is 1. The van der Waals surface area contributed by atoms with Crippen LogP contribution in [0.15, 0.2) is 16.6 Å². The third kappa shape index (κ3) is 2.02. The lowest BCUT2D eigenvalue weighted by atomic mass is 9.79. The summed E-state index contributed by atoms with van der Waals surface area (Å²) >= 11 is 9.47. The van der Waals surface area contributed by atoms with Crippen LogP contribution in [0, 0.1) is 30.6 Å². The van der Waals surface area contributed by atoms with Gasteiger partial charge in [0.25, 0.3) is 0 Å². The van der Waals surface area contributed by atoms with Crippen LogP contribution in [-0.4, -0.2) is 18.0 Å². The maximum absolute atomic E-state index is 12.7. The molecule has 1 N–H and O–H groups in total. The number of hydrogen-bond donors (Lipinski definition) is 1. The van der Waals surface area contributed by atoms with E-state index in [2.05, 4.69) is 21.2 Å². The third-order valence-corrected chi connectivity index (χ3v) is 6.51. The van der Waals surface area contributed by atoms with Gasteiger partial charge in [-0.1, -0.05) is 11.6 Å². The smallest absolute Gasteiger partial charge is 0.310 e. The lowest BCUT2D eigenvalue weighted by Gasteiger charge is -2.24. The molecule has 0 aromatic heterocycles. The molecule has 6 heteroatoms. The zero-order valence-corrected chi connectivity index (χ0v) is 14.3. The number of ether oxygens (including phenoxy) is 1. The molecule has 1 heterocycles. The Bertz CT molecular complexity index is 690. The predicted molar refractivity (Wildman–Crippen MR) is 85.6 cm³/mol. The van der Waals surface area contributed by atoms with Crippen LogP contribution in [-0.2, 0) is 14.3 Å². The van der Waals surface area contributed by atoms with E-state index in [4.69, 9.17) is 16.3 Å². The number of nitrogens with one attached hydrogen (secondary N) is 1. The van der Waals surface area contributed by atoms with E-state index in [0.29, 0.717) is 10.7 Å². The van der Waals surface area contributed by atoms with Crippen LogP contribution >= 0.6 is 27.5 Å².